The van der Waals surface area contributed by atoms with Crippen molar-refractivity contribution in [3.8, 4) is 0 Å². The Morgan fingerprint density at radius 2 is 2.06 bits per heavy atom. The van der Waals surface area contributed by atoms with Crippen LogP contribution in [0, 0.1) is 11.8 Å². The summed E-state index contributed by atoms with van der Waals surface area (Å²) in [6.07, 6.45) is 0. The molecule has 1 aliphatic carbocycles. The number of hydrogen-bond acceptors (Lipinski definition) is 4. The SMILES string of the molecule is Cl.O=C1N[C@H](C(=O)NC2C3CNCC32)CS1. The molecular weight excluding hydrogens is 250 g/mol. The van der Waals surface area contributed by atoms with Crippen LogP contribution < -0.4 is 16.0 Å². The Morgan fingerprint density at radius 1 is 1.38 bits per heavy atom. The zero-order valence-corrected chi connectivity index (χ0v) is 10.2. The van der Waals surface area contributed by atoms with E-state index in [9.17, 15) is 9.59 Å². The molecule has 3 rings (SSSR count). The van der Waals surface area contributed by atoms with Gasteiger partial charge >= 0.3 is 0 Å². The molecule has 16 heavy (non-hydrogen) atoms. The Balaban J connectivity index is 0.000000963. The number of carbonyl (C=O) groups excluding carboxylic acids is 2. The summed E-state index contributed by atoms with van der Waals surface area (Å²) in [5.41, 5.74) is 0. The van der Waals surface area contributed by atoms with E-state index in [1.54, 1.807) is 0 Å². The maximum Gasteiger partial charge on any atom is 0.279 e. The van der Waals surface area contributed by atoms with Gasteiger partial charge in [0, 0.05) is 24.9 Å². The van der Waals surface area contributed by atoms with E-state index in [1.165, 1.54) is 11.8 Å². The summed E-state index contributed by atoms with van der Waals surface area (Å²) >= 11 is 1.18. The normalized spacial score (nSPS) is 39.6. The van der Waals surface area contributed by atoms with Crippen LogP contribution >= 0.6 is 24.2 Å². The van der Waals surface area contributed by atoms with E-state index in [0.29, 0.717) is 23.6 Å². The van der Waals surface area contributed by atoms with Gasteiger partial charge < -0.3 is 16.0 Å². The summed E-state index contributed by atoms with van der Waals surface area (Å²) in [6, 6.07) is 0.0260. The minimum absolute atomic E-state index is 0. The number of hydrogen-bond donors (Lipinski definition) is 3. The topological polar surface area (TPSA) is 70.2 Å². The van der Waals surface area contributed by atoms with Gasteiger partial charge in [-0.3, -0.25) is 9.59 Å². The molecule has 3 N–H and O–H groups in total. The number of amides is 2. The molecule has 7 heteroatoms. The zero-order valence-electron chi connectivity index (χ0n) is 8.56. The highest BCUT2D eigenvalue weighted by molar-refractivity contribution is 8.14. The molecule has 0 bridgehead atoms. The number of rotatable bonds is 2. The highest BCUT2D eigenvalue weighted by atomic mass is 35.5. The molecule has 90 valence electrons. The fourth-order valence-electron chi connectivity index (χ4n) is 2.42. The summed E-state index contributed by atoms with van der Waals surface area (Å²) in [5.74, 6) is 1.79. The lowest BCUT2D eigenvalue weighted by Crippen LogP contribution is -2.45. The molecule has 3 aliphatic rings. The van der Waals surface area contributed by atoms with Gasteiger partial charge in [-0.25, -0.2) is 0 Å². The number of carbonyl (C=O) groups is 2. The van der Waals surface area contributed by atoms with Gasteiger partial charge in [-0.05, 0) is 11.8 Å². The quantitative estimate of drug-likeness (QED) is 0.632. The second kappa shape index (κ2) is 4.43. The highest BCUT2D eigenvalue weighted by Crippen LogP contribution is 2.41. The fraction of sp³-hybridized carbons (Fsp3) is 0.778. The summed E-state index contributed by atoms with van der Waals surface area (Å²) < 4.78 is 0. The molecule has 2 unspecified atom stereocenters. The van der Waals surface area contributed by atoms with Gasteiger partial charge in [0.15, 0.2) is 0 Å². The van der Waals surface area contributed by atoms with Gasteiger partial charge in [-0.15, -0.1) is 12.4 Å². The van der Waals surface area contributed by atoms with Gasteiger partial charge in [0.2, 0.25) is 5.91 Å². The molecule has 2 aliphatic heterocycles. The van der Waals surface area contributed by atoms with E-state index < -0.39 is 0 Å². The molecule has 2 heterocycles. The van der Waals surface area contributed by atoms with Crippen molar-refractivity contribution in [3.63, 3.8) is 0 Å². The van der Waals surface area contributed by atoms with E-state index in [4.69, 9.17) is 0 Å². The van der Waals surface area contributed by atoms with Crippen molar-refractivity contribution < 1.29 is 9.59 Å². The third-order valence-corrected chi connectivity index (χ3v) is 4.27. The van der Waals surface area contributed by atoms with Gasteiger partial charge in [-0.2, -0.15) is 0 Å². The van der Waals surface area contributed by atoms with Crippen LogP contribution in [0.25, 0.3) is 0 Å². The molecule has 0 radical (unpaired) electrons. The van der Waals surface area contributed by atoms with Crippen LogP contribution in [-0.2, 0) is 4.79 Å². The average Bonchev–Trinajstić information content (AvgIpc) is 2.66. The van der Waals surface area contributed by atoms with Gasteiger partial charge in [-0.1, -0.05) is 11.8 Å². The first-order valence-electron chi connectivity index (χ1n) is 5.20. The molecule has 0 spiro atoms. The molecule has 0 aromatic rings. The van der Waals surface area contributed by atoms with Gasteiger partial charge in [0.1, 0.15) is 6.04 Å². The van der Waals surface area contributed by atoms with Crippen molar-refractivity contribution >= 4 is 35.3 Å². The van der Waals surface area contributed by atoms with Gasteiger partial charge in [0.05, 0.1) is 0 Å². The Bertz CT molecular complexity index is 318. The molecule has 1 saturated carbocycles. The number of thioether (sulfide) groups is 1. The maximum atomic E-state index is 11.7. The Kier molecular flexibility index (Phi) is 3.32. The number of piperidine rings is 1. The number of nitrogens with one attached hydrogen (secondary N) is 3. The first-order valence-corrected chi connectivity index (χ1v) is 6.18. The monoisotopic (exact) mass is 263 g/mol. The molecule has 0 aromatic carbocycles. The molecule has 2 saturated heterocycles. The smallest absolute Gasteiger partial charge is 0.279 e. The van der Waals surface area contributed by atoms with Crippen LogP contribution in [0.15, 0.2) is 0 Å². The molecule has 5 nitrogen and oxygen atoms in total. The van der Waals surface area contributed by atoms with Gasteiger partial charge in [0.25, 0.3) is 5.24 Å². The van der Waals surface area contributed by atoms with Crippen LogP contribution in [-0.4, -0.2) is 42.1 Å². The van der Waals surface area contributed by atoms with Crippen molar-refractivity contribution in [2.45, 2.75) is 12.1 Å². The van der Waals surface area contributed by atoms with Crippen molar-refractivity contribution in [1.82, 2.24) is 16.0 Å². The minimum atomic E-state index is -0.322. The third kappa shape index (κ3) is 2.01. The summed E-state index contributed by atoms with van der Waals surface area (Å²) in [7, 11) is 0. The van der Waals surface area contributed by atoms with Crippen molar-refractivity contribution in [2.24, 2.45) is 11.8 Å². The largest absolute Gasteiger partial charge is 0.351 e. The Hall–Kier alpha value is -0.460. The highest BCUT2D eigenvalue weighted by Gasteiger charge is 2.54. The second-order valence-electron chi connectivity index (χ2n) is 4.32. The predicted octanol–water partition coefficient (Wildman–Crippen LogP) is -0.433. The van der Waals surface area contributed by atoms with Crippen LogP contribution in [0.1, 0.15) is 0 Å². The molecule has 0 aromatic heterocycles. The summed E-state index contributed by atoms with van der Waals surface area (Å²) in [6.45, 7) is 2.03. The van der Waals surface area contributed by atoms with E-state index in [-0.39, 0.29) is 29.6 Å². The van der Waals surface area contributed by atoms with E-state index >= 15 is 0 Å². The van der Waals surface area contributed by atoms with Crippen LogP contribution in [0.3, 0.4) is 0 Å². The molecule has 3 fully saturated rings. The van der Waals surface area contributed by atoms with E-state index in [1.807, 2.05) is 0 Å². The number of halogens is 1. The van der Waals surface area contributed by atoms with Crippen LogP contribution in [0.2, 0.25) is 0 Å². The first kappa shape index (κ1) is 12.0. The maximum absolute atomic E-state index is 11.7. The summed E-state index contributed by atoms with van der Waals surface area (Å²) in [4.78, 5) is 22.6. The van der Waals surface area contributed by atoms with Crippen molar-refractivity contribution in [1.29, 1.82) is 0 Å². The van der Waals surface area contributed by atoms with Crippen molar-refractivity contribution in [2.75, 3.05) is 18.8 Å². The average molecular weight is 264 g/mol. The standard InChI is InChI=1S/C9H13N3O2S.ClH/c13-8(6-3-15-9(14)11-6)12-7-4-1-10-2-5(4)7;/h4-7,10H,1-3H2,(H,11,14)(H,12,13);1H/t4?,5?,6-,7?;/m0./s1. The summed E-state index contributed by atoms with van der Waals surface area (Å²) in [5, 5.41) is 8.85. The van der Waals surface area contributed by atoms with Crippen molar-refractivity contribution in [3.05, 3.63) is 0 Å². The fourth-order valence-corrected chi connectivity index (χ4v) is 3.20. The second-order valence-corrected chi connectivity index (χ2v) is 5.31. The van der Waals surface area contributed by atoms with Crippen LogP contribution in [0.4, 0.5) is 4.79 Å². The minimum Gasteiger partial charge on any atom is -0.351 e. The zero-order chi connectivity index (χ0) is 10.4. The van der Waals surface area contributed by atoms with Crippen LogP contribution in [0.5, 0.6) is 0 Å². The Labute approximate surface area is 104 Å². The lowest BCUT2D eigenvalue weighted by Gasteiger charge is -2.11. The molecule has 3 atom stereocenters. The lowest BCUT2D eigenvalue weighted by molar-refractivity contribution is -0.122. The lowest BCUT2D eigenvalue weighted by atomic mass is 10.3. The van der Waals surface area contributed by atoms with E-state index in [2.05, 4.69) is 16.0 Å². The Morgan fingerprint density at radius 3 is 2.62 bits per heavy atom. The molecule has 2 amide bonds. The van der Waals surface area contributed by atoms with E-state index in [0.717, 1.165) is 13.1 Å². The first-order chi connectivity index (χ1) is 7.25. The molecular formula is C9H14ClN3O2S. The predicted molar refractivity (Wildman–Crippen MR) is 63.8 cm³/mol. The third-order valence-electron chi connectivity index (χ3n) is 3.39. The number of fused-ring (bicyclic) bond motifs is 1.